The van der Waals surface area contributed by atoms with Crippen LogP contribution in [0.15, 0.2) is 60.7 Å². The zero-order valence-electron chi connectivity index (χ0n) is 23.2. The largest absolute Gasteiger partial charge is 0.502 e. The lowest BCUT2D eigenvalue weighted by atomic mass is 10.0. The highest BCUT2D eigenvalue weighted by Gasteiger charge is 2.23. The third-order valence-corrected chi connectivity index (χ3v) is 6.83. The van der Waals surface area contributed by atoms with Crippen molar-refractivity contribution in [2.75, 3.05) is 44.1 Å². The first-order chi connectivity index (χ1) is 18.5. The highest BCUT2D eigenvalue weighted by atomic mass is 16.5. The molecule has 0 spiro atoms. The average molecular weight is 515 g/mol. The van der Waals surface area contributed by atoms with Crippen molar-refractivity contribution < 1.29 is 14.6 Å². The lowest BCUT2D eigenvalue weighted by molar-refractivity contribution is 0.340. The van der Waals surface area contributed by atoms with Crippen LogP contribution in [0.5, 0.6) is 17.2 Å². The molecule has 3 aromatic carbocycles. The molecule has 2 N–H and O–H groups in total. The molecular formula is C31H38N4O3. The van der Waals surface area contributed by atoms with Gasteiger partial charge in [0.1, 0.15) is 5.82 Å². The fourth-order valence-corrected chi connectivity index (χ4v) is 4.87. The number of aromatic hydroxyl groups is 1. The number of imidazole rings is 1. The fourth-order valence-electron chi connectivity index (χ4n) is 4.87. The van der Waals surface area contributed by atoms with Gasteiger partial charge in [-0.2, -0.15) is 0 Å². The van der Waals surface area contributed by atoms with Gasteiger partial charge in [0.15, 0.2) is 11.5 Å². The molecule has 0 amide bonds. The van der Waals surface area contributed by atoms with E-state index in [2.05, 4.69) is 91.0 Å². The van der Waals surface area contributed by atoms with Crippen LogP contribution in [0.25, 0.3) is 33.9 Å². The predicted octanol–water partition coefficient (Wildman–Crippen LogP) is 6.90. The Morgan fingerprint density at radius 2 is 1.39 bits per heavy atom. The Kier molecular flexibility index (Phi) is 8.46. The van der Waals surface area contributed by atoms with Crippen molar-refractivity contribution in [2.45, 2.75) is 34.2 Å². The van der Waals surface area contributed by atoms with Crippen molar-refractivity contribution in [1.82, 2.24) is 9.55 Å². The number of rotatable bonds is 11. The number of phenolic OH excluding ortho intramolecular Hbond substituents is 1. The third kappa shape index (κ3) is 5.14. The lowest BCUT2D eigenvalue weighted by Gasteiger charge is -2.21. The monoisotopic (exact) mass is 514 g/mol. The number of anilines is 2. The maximum absolute atomic E-state index is 10.5. The van der Waals surface area contributed by atoms with Gasteiger partial charge < -0.3 is 29.4 Å². The van der Waals surface area contributed by atoms with E-state index in [1.807, 2.05) is 0 Å². The van der Waals surface area contributed by atoms with E-state index in [9.17, 15) is 5.11 Å². The molecule has 7 nitrogen and oxygen atoms in total. The van der Waals surface area contributed by atoms with Gasteiger partial charge in [-0.15, -0.1) is 0 Å². The van der Waals surface area contributed by atoms with Crippen LogP contribution in [-0.2, 0) is 6.54 Å². The van der Waals surface area contributed by atoms with Gasteiger partial charge in [-0.05, 0) is 64.1 Å². The molecular weight excluding hydrogens is 476 g/mol. The van der Waals surface area contributed by atoms with E-state index < -0.39 is 0 Å². The Labute approximate surface area is 225 Å². The van der Waals surface area contributed by atoms with E-state index in [0.717, 1.165) is 59.2 Å². The maximum atomic E-state index is 10.5. The SMILES string of the molecule is CCNc1ccc(-c2c(-c3ccc(N(CC)CC)cc3)nc(-c3cc(OC)c(O)c(OC)c3)n2CC)cc1. The molecule has 0 aliphatic rings. The lowest BCUT2D eigenvalue weighted by Crippen LogP contribution is -2.21. The van der Waals surface area contributed by atoms with Gasteiger partial charge in [0.2, 0.25) is 5.75 Å². The second-order valence-electron chi connectivity index (χ2n) is 8.93. The number of hydrogen-bond donors (Lipinski definition) is 2. The van der Waals surface area contributed by atoms with Crippen LogP contribution in [0.2, 0.25) is 0 Å². The van der Waals surface area contributed by atoms with Gasteiger partial charge in [-0.3, -0.25) is 0 Å². The summed E-state index contributed by atoms with van der Waals surface area (Å²) in [5.74, 6) is 1.43. The molecule has 4 rings (SSSR count). The first kappa shape index (κ1) is 26.9. The Bertz CT molecular complexity index is 1330. The van der Waals surface area contributed by atoms with Crippen molar-refractivity contribution >= 4 is 11.4 Å². The van der Waals surface area contributed by atoms with Crippen LogP contribution in [-0.4, -0.2) is 48.5 Å². The molecule has 0 saturated heterocycles. The summed E-state index contributed by atoms with van der Waals surface area (Å²) in [5, 5.41) is 13.9. The van der Waals surface area contributed by atoms with Crippen LogP contribution >= 0.6 is 0 Å². The first-order valence-corrected chi connectivity index (χ1v) is 13.2. The number of nitrogens with one attached hydrogen (secondary N) is 1. The summed E-state index contributed by atoms with van der Waals surface area (Å²) >= 11 is 0. The highest BCUT2D eigenvalue weighted by molar-refractivity contribution is 5.84. The van der Waals surface area contributed by atoms with Crippen molar-refractivity contribution in [2.24, 2.45) is 0 Å². The average Bonchev–Trinajstić information content (AvgIpc) is 3.34. The molecule has 0 saturated carbocycles. The van der Waals surface area contributed by atoms with Crippen molar-refractivity contribution in [3.8, 4) is 51.2 Å². The van der Waals surface area contributed by atoms with Gasteiger partial charge in [0.05, 0.1) is 25.6 Å². The fraction of sp³-hybridized carbons (Fsp3) is 0.323. The van der Waals surface area contributed by atoms with Crippen LogP contribution in [0.4, 0.5) is 11.4 Å². The standard InChI is InChI=1S/C31H38N4O3/c1-7-32-24-15-11-22(12-16-24)29-28(21-13-17-25(18-14-21)34(8-2)9-3)33-31(35(29)10-4)23-19-26(37-5)30(36)27(20-23)38-6/h11-20,32,36H,7-10H2,1-6H3. The molecule has 7 heteroatoms. The van der Waals surface area contributed by atoms with Crippen molar-refractivity contribution in [1.29, 1.82) is 0 Å². The Hall–Kier alpha value is -4.13. The van der Waals surface area contributed by atoms with E-state index in [0.29, 0.717) is 18.0 Å². The van der Waals surface area contributed by atoms with Crippen LogP contribution in [0.3, 0.4) is 0 Å². The minimum absolute atomic E-state index is 0.0280. The van der Waals surface area contributed by atoms with Crippen LogP contribution < -0.4 is 19.7 Å². The molecule has 200 valence electrons. The van der Waals surface area contributed by atoms with Gasteiger partial charge in [0, 0.05) is 54.2 Å². The number of methoxy groups -OCH3 is 2. The Morgan fingerprint density at radius 3 is 1.89 bits per heavy atom. The number of phenols is 1. The van der Waals surface area contributed by atoms with Crippen LogP contribution in [0, 0.1) is 0 Å². The van der Waals surface area contributed by atoms with Crippen molar-refractivity contribution in [3.63, 3.8) is 0 Å². The normalized spacial score (nSPS) is 10.9. The Balaban J connectivity index is 1.94. The second kappa shape index (κ2) is 11.9. The van der Waals surface area contributed by atoms with E-state index in [1.165, 1.54) is 19.9 Å². The zero-order valence-corrected chi connectivity index (χ0v) is 23.2. The molecule has 0 aliphatic heterocycles. The molecule has 0 fully saturated rings. The zero-order chi connectivity index (χ0) is 27.2. The molecule has 1 heterocycles. The van der Waals surface area contributed by atoms with Gasteiger partial charge in [-0.25, -0.2) is 4.98 Å². The summed E-state index contributed by atoms with van der Waals surface area (Å²) in [6.45, 7) is 12.0. The molecule has 0 aliphatic carbocycles. The molecule has 38 heavy (non-hydrogen) atoms. The van der Waals surface area contributed by atoms with E-state index in [1.54, 1.807) is 12.1 Å². The molecule has 0 radical (unpaired) electrons. The summed E-state index contributed by atoms with van der Waals surface area (Å²) in [7, 11) is 3.07. The summed E-state index contributed by atoms with van der Waals surface area (Å²) in [4.78, 5) is 7.52. The summed E-state index contributed by atoms with van der Waals surface area (Å²) in [5.41, 5.74) is 7.12. The minimum Gasteiger partial charge on any atom is -0.502 e. The molecule has 0 atom stereocenters. The van der Waals surface area contributed by atoms with Gasteiger partial charge >= 0.3 is 0 Å². The quantitative estimate of drug-likeness (QED) is 0.227. The molecule has 4 aromatic rings. The molecule has 0 unspecified atom stereocenters. The van der Waals surface area contributed by atoms with Gasteiger partial charge in [-0.1, -0.05) is 24.3 Å². The third-order valence-electron chi connectivity index (χ3n) is 6.83. The number of ether oxygens (including phenoxy) is 2. The second-order valence-corrected chi connectivity index (χ2v) is 8.93. The first-order valence-electron chi connectivity index (χ1n) is 13.2. The number of benzene rings is 3. The summed E-state index contributed by atoms with van der Waals surface area (Å²) < 4.78 is 13.1. The number of nitrogens with zero attached hydrogens (tertiary/aromatic N) is 3. The van der Waals surface area contributed by atoms with Crippen LogP contribution in [0.1, 0.15) is 27.7 Å². The maximum Gasteiger partial charge on any atom is 0.200 e. The molecule has 1 aromatic heterocycles. The van der Waals surface area contributed by atoms with Crippen molar-refractivity contribution in [3.05, 3.63) is 60.7 Å². The predicted molar refractivity (Wildman–Crippen MR) is 157 cm³/mol. The smallest absolute Gasteiger partial charge is 0.200 e. The van der Waals surface area contributed by atoms with Gasteiger partial charge in [0.25, 0.3) is 0 Å². The topological polar surface area (TPSA) is 71.8 Å². The Morgan fingerprint density at radius 1 is 0.816 bits per heavy atom. The highest BCUT2D eigenvalue weighted by Crippen LogP contribution is 2.43. The number of aromatic nitrogens is 2. The minimum atomic E-state index is -0.0280. The number of hydrogen-bond acceptors (Lipinski definition) is 6. The van der Waals surface area contributed by atoms with E-state index in [4.69, 9.17) is 14.5 Å². The molecule has 0 bridgehead atoms. The summed E-state index contributed by atoms with van der Waals surface area (Å²) in [6.07, 6.45) is 0. The van der Waals surface area contributed by atoms with E-state index in [-0.39, 0.29) is 5.75 Å². The van der Waals surface area contributed by atoms with E-state index >= 15 is 0 Å². The summed E-state index contributed by atoms with van der Waals surface area (Å²) in [6, 6.07) is 20.7.